The largest absolute Gasteiger partial charge is 0.316 e. The van der Waals surface area contributed by atoms with Crippen molar-refractivity contribution in [3.8, 4) is 0 Å². The van der Waals surface area contributed by atoms with Crippen molar-refractivity contribution >= 4 is 37.3 Å². The summed E-state index contributed by atoms with van der Waals surface area (Å²) in [5.41, 5.74) is 0. The zero-order chi connectivity index (χ0) is 15.5. The summed E-state index contributed by atoms with van der Waals surface area (Å²) in [6, 6.07) is 1.73. The third-order valence-electron chi connectivity index (χ3n) is 3.89. The second-order valence-electron chi connectivity index (χ2n) is 5.52. The van der Waals surface area contributed by atoms with E-state index in [0.717, 1.165) is 41.0 Å². The normalized spacial score (nSPS) is 18.2. The van der Waals surface area contributed by atoms with Gasteiger partial charge < -0.3 is 5.32 Å². The molecule has 0 atom stereocenters. The maximum absolute atomic E-state index is 12.7. The Kier molecular flexibility index (Phi) is 6.25. The molecule has 0 saturated carbocycles. The second-order valence-corrected chi connectivity index (χ2v) is 10.1. The van der Waals surface area contributed by atoms with E-state index < -0.39 is 10.0 Å². The van der Waals surface area contributed by atoms with Crippen molar-refractivity contribution in [1.29, 1.82) is 0 Å². The topological polar surface area (TPSA) is 49.4 Å². The lowest BCUT2D eigenvalue weighted by Gasteiger charge is -2.31. The number of rotatable bonds is 6. The Morgan fingerprint density at radius 3 is 2.62 bits per heavy atom. The summed E-state index contributed by atoms with van der Waals surface area (Å²) in [6.07, 6.45) is 3.03. The van der Waals surface area contributed by atoms with Gasteiger partial charge in [-0.1, -0.05) is 6.92 Å². The number of piperidine rings is 1. The second kappa shape index (κ2) is 7.55. The zero-order valence-corrected chi connectivity index (χ0v) is 15.8. The molecule has 0 spiro atoms. The molecular formula is C14H23BrN2O2S2. The number of sulfonamides is 1. The van der Waals surface area contributed by atoms with Gasteiger partial charge in [-0.15, -0.1) is 11.3 Å². The van der Waals surface area contributed by atoms with Crippen LogP contribution in [0.2, 0.25) is 0 Å². The standard InChI is InChI=1S/C14H23BrN2O2S2/c1-3-6-16-10-12-4-7-17(8-5-12)21(18,19)13-9-14(15)20-11(13)2/h9,12,16H,3-8,10H2,1-2H3. The number of aryl methyl sites for hydroxylation is 1. The van der Waals surface area contributed by atoms with E-state index in [1.807, 2.05) is 6.92 Å². The van der Waals surface area contributed by atoms with Gasteiger partial charge in [0.2, 0.25) is 10.0 Å². The van der Waals surface area contributed by atoms with Crippen LogP contribution in [0.1, 0.15) is 31.1 Å². The van der Waals surface area contributed by atoms with Gasteiger partial charge in [-0.05, 0) is 67.2 Å². The fraction of sp³-hybridized carbons (Fsp3) is 0.714. The summed E-state index contributed by atoms with van der Waals surface area (Å²) < 4.78 is 27.9. The van der Waals surface area contributed by atoms with Crippen molar-refractivity contribution in [2.75, 3.05) is 26.2 Å². The lowest BCUT2D eigenvalue weighted by molar-refractivity contribution is 0.267. The highest BCUT2D eigenvalue weighted by molar-refractivity contribution is 9.11. The molecule has 1 aliphatic rings. The van der Waals surface area contributed by atoms with E-state index in [1.165, 1.54) is 11.3 Å². The van der Waals surface area contributed by atoms with Gasteiger partial charge in [-0.3, -0.25) is 0 Å². The predicted molar refractivity (Wildman–Crippen MR) is 91.4 cm³/mol. The Morgan fingerprint density at radius 2 is 2.10 bits per heavy atom. The molecule has 0 bridgehead atoms. The van der Waals surface area contributed by atoms with Crippen LogP contribution < -0.4 is 5.32 Å². The summed E-state index contributed by atoms with van der Waals surface area (Å²) in [7, 11) is -3.33. The van der Waals surface area contributed by atoms with E-state index in [9.17, 15) is 8.42 Å². The van der Waals surface area contributed by atoms with E-state index in [-0.39, 0.29) is 0 Å². The predicted octanol–water partition coefficient (Wildman–Crippen LogP) is 3.22. The molecule has 1 fully saturated rings. The molecular weight excluding hydrogens is 372 g/mol. The summed E-state index contributed by atoms with van der Waals surface area (Å²) in [5.74, 6) is 0.596. The van der Waals surface area contributed by atoms with Crippen molar-refractivity contribution in [3.63, 3.8) is 0 Å². The number of halogens is 1. The van der Waals surface area contributed by atoms with Gasteiger partial charge in [0.1, 0.15) is 0 Å². The molecule has 0 amide bonds. The van der Waals surface area contributed by atoms with Crippen molar-refractivity contribution in [2.45, 2.75) is 38.0 Å². The first kappa shape index (κ1) is 17.4. The number of hydrogen-bond donors (Lipinski definition) is 1. The average Bonchev–Trinajstić information content (AvgIpc) is 2.79. The minimum absolute atomic E-state index is 0.460. The highest BCUT2D eigenvalue weighted by Crippen LogP contribution is 2.33. The summed E-state index contributed by atoms with van der Waals surface area (Å²) >= 11 is 4.85. The Labute approximate surface area is 140 Å². The van der Waals surface area contributed by atoms with Gasteiger partial charge in [0.05, 0.1) is 8.68 Å². The quantitative estimate of drug-likeness (QED) is 0.753. The van der Waals surface area contributed by atoms with Gasteiger partial charge in [-0.25, -0.2) is 8.42 Å². The van der Waals surface area contributed by atoms with E-state index in [0.29, 0.717) is 23.9 Å². The van der Waals surface area contributed by atoms with Gasteiger partial charge >= 0.3 is 0 Å². The highest BCUT2D eigenvalue weighted by atomic mass is 79.9. The van der Waals surface area contributed by atoms with E-state index >= 15 is 0 Å². The smallest absolute Gasteiger partial charge is 0.244 e. The molecule has 1 N–H and O–H groups in total. The van der Waals surface area contributed by atoms with Crippen LogP contribution in [0.25, 0.3) is 0 Å². The minimum Gasteiger partial charge on any atom is -0.316 e. The Balaban J connectivity index is 1.96. The van der Waals surface area contributed by atoms with E-state index in [2.05, 4.69) is 28.2 Å². The third kappa shape index (κ3) is 4.28. The first-order valence-corrected chi connectivity index (χ1v) is 10.5. The van der Waals surface area contributed by atoms with Crippen LogP contribution in [-0.4, -0.2) is 38.9 Å². The van der Waals surface area contributed by atoms with E-state index in [4.69, 9.17) is 0 Å². The Morgan fingerprint density at radius 1 is 1.43 bits per heavy atom. The number of nitrogens with one attached hydrogen (secondary N) is 1. The average molecular weight is 395 g/mol. The third-order valence-corrected chi connectivity index (χ3v) is 7.60. The molecule has 0 unspecified atom stereocenters. The van der Waals surface area contributed by atoms with Crippen molar-refractivity contribution in [2.24, 2.45) is 5.92 Å². The first-order valence-electron chi connectivity index (χ1n) is 7.42. The number of thiophene rings is 1. The summed E-state index contributed by atoms with van der Waals surface area (Å²) in [4.78, 5) is 1.32. The Bertz CT molecular complexity index is 564. The van der Waals surface area contributed by atoms with Crippen LogP contribution in [-0.2, 0) is 10.0 Å². The first-order chi connectivity index (χ1) is 9.95. The van der Waals surface area contributed by atoms with Crippen LogP contribution in [0.4, 0.5) is 0 Å². The molecule has 1 aromatic heterocycles. The van der Waals surface area contributed by atoms with Gasteiger partial charge in [0, 0.05) is 18.0 Å². The van der Waals surface area contributed by atoms with Crippen molar-refractivity contribution < 1.29 is 8.42 Å². The highest BCUT2D eigenvalue weighted by Gasteiger charge is 2.31. The molecule has 1 aromatic rings. The summed E-state index contributed by atoms with van der Waals surface area (Å²) in [6.45, 7) is 7.33. The van der Waals surface area contributed by atoms with Crippen LogP contribution in [0.5, 0.6) is 0 Å². The van der Waals surface area contributed by atoms with Crippen LogP contribution >= 0.6 is 27.3 Å². The molecule has 2 heterocycles. The molecule has 7 heteroatoms. The SMILES string of the molecule is CCCNCC1CCN(S(=O)(=O)c2cc(Br)sc2C)CC1. The molecule has 0 aromatic carbocycles. The minimum atomic E-state index is -3.33. The maximum Gasteiger partial charge on any atom is 0.244 e. The molecule has 0 radical (unpaired) electrons. The van der Waals surface area contributed by atoms with E-state index in [1.54, 1.807) is 10.4 Å². The van der Waals surface area contributed by atoms with Crippen LogP contribution in [0, 0.1) is 12.8 Å². The lowest BCUT2D eigenvalue weighted by Crippen LogP contribution is -2.40. The molecule has 4 nitrogen and oxygen atoms in total. The zero-order valence-electron chi connectivity index (χ0n) is 12.6. The van der Waals surface area contributed by atoms with Gasteiger partial charge in [0.15, 0.2) is 0 Å². The fourth-order valence-electron chi connectivity index (χ4n) is 2.66. The van der Waals surface area contributed by atoms with Gasteiger partial charge in [-0.2, -0.15) is 4.31 Å². The van der Waals surface area contributed by atoms with Crippen molar-refractivity contribution in [1.82, 2.24) is 9.62 Å². The number of hydrogen-bond acceptors (Lipinski definition) is 4. The van der Waals surface area contributed by atoms with Gasteiger partial charge in [0.25, 0.3) is 0 Å². The molecule has 120 valence electrons. The fourth-order valence-corrected chi connectivity index (χ4v) is 6.52. The molecule has 2 rings (SSSR count). The monoisotopic (exact) mass is 394 g/mol. The number of nitrogens with zero attached hydrogens (tertiary/aromatic N) is 1. The molecule has 1 saturated heterocycles. The Hall–Kier alpha value is 0.0500. The molecule has 1 aliphatic heterocycles. The maximum atomic E-state index is 12.7. The molecule has 0 aliphatic carbocycles. The van der Waals surface area contributed by atoms with Crippen LogP contribution in [0.3, 0.4) is 0 Å². The van der Waals surface area contributed by atoms with Crippen molar-refractivity contribution in [3.05, 3.63) is 14.7 Å². The lowest BCUT2D eigenvalue weighted by atomic mass is 9.98. The summed E-state index contributed by atoms with van der Waals surface area (Å²) in [5, 5.41) is 3.43. The molecule has 21 heavy (non-hydrogen) atoms. The van der Waals surface area contributed by atoms with Crippen LogP contribution in [0.15, 0.2) is 14.7 Å².